The zero-order valence-electron chi connectivity index (χ0n) is 13.1. The van der Waals surface area contributed by atoms with E-state index in [1.54, 1.807) is 6.33 Å². The largest absolute Gasteiger partial charge is 0.397 e. The van der Waals surface area contributed by atoms with E-state index in [1.807, 2.05) is 28.8 Å². The number of nitrogens with one attached hydrogen (secondary N) is 1. The molecule has 0 saturated carbocycles. The molecule has 3 aromatic rings. The highest BCUT2D eigenvalue weighted by molar-refractivity contribution is 5.88. The fraction of sp³-hybridized carbons (Fsp3) is 0.312. The molecule has 124 valence electrons. The maximum absolute atomic E-state index is 5.99. The number of aromatic nitrogens is 4. The van der Waals surface area contributed by atoms with E-state index in [0.717, 1.165) is 31.6 Å². The predicted molar refractivity (Wildman–Crippen MR) is 92.7 cm³/mol. The van der Waals surface area contributed by atoms with Crippen molar-refractivity contribution in [2.75, 3.05) is 23.4 Å². The molecule has 0 bridgehead atoms. The van der Waals surface area contributed by atoms with Crippen molar-refractivity contribution >= 4 is 34.3 Å². The predicted octanol–water partition coefficient (Wildman–Crippen LogP) is 2.43. The number of hydrogen-bond donors (Lipinski definition) is 3. The van der Waals surface area contributed by atoms with Gasteiger partial charge in [0.25, 0.3) is 0 Å². The molecular formula is C16H19N7O. The topological polar surface area (TPSA) is 117 Å². The number of nitrogen functional groups attached to an aromatic ring is 2. The van der Waals surface area contributed by atoms with Gasteiger partial charge in [0.2, 0.25) is 5.95 Å². The highest BCUT2D eigenvalue weighted by Crippen LogP contribution is 2.30. The Balaban J connectivity index is 1.76. The summed E-state index contributed by atoms with van der Waals surface area (Å²) in [7, 11) is 0. The number of benzene rings is 1. The highest BCUT2D eigenvalue weighted by atomic mass is 16.5. The standard InChI is InChI=1S/C16H19N7O/c17-10-5-1-2-6-11(10)20-14-13-15(22-16(18)21-14)23(9-19-13)12-7-3-4-8-24-12/h1-2,5-6,9,12H,3-4,7-8,17H2,(H3,18,20,21,22). The number of fused-ring (bicyclic) bond motifs is 1. The molecule has 0 aliphatic carbocycles. The summed E-state index contributed by atoms with van der Waals surface area (Å²) in [6.07, 6.45) is 4.81. The molecule has 4 rings (SSSR count). The maximum Gasteiger partial charge on any atom is 0.224 e. The van der Waals surface area contributed by atoms with E-state index in [0.29, 0.717) is 22.7 Å². The van der Waals surface area contributed by atoms with Gasteiger partial charge in [0.15, 0.2) is 17.0 Å². The maximum atomic E-state index is 5.99. The van der Waals surface area contributed by atoms with Crippen LogP contribution in [0, 0.1) is 0 Å². The second kappa shape index (κ2) is 5.97. The fourth-order valence-corrected chi connectivity index (χ4v) is 2.91. The van der Waals surface area contributed by atoms with E-state index in [-0.39, 0.29) is 12.2 Å². The summed E-state index contributed by atoms with van der Waals surface area (Å²) in [5.74, 6) is 0.710. The van der Waals surface area contributed by atoms with Crippen LogP contribution in [0.1, 0.15) is 25.5 Å². The van der Waals surface area contributed by atoms with Gasteiger partial charge in [0.1, 0.15) is 6.23 Å². The Kier molecular flexibility index (Phi) is 3.66. The molecule has 8 heteroatoms. The molecule has 5 N–H and O–H groups in total. The van der Waals surface area contributed by atoms with Gasteiger partial charge in [0.05, 0.1) is 17.7 Å². The normalized spacial score (nSPS) is 17.9. The molecule has 3 heterocycles. The molecule has 24 heavy (non-hydrogen) atoms. The van der Waals surface area contributed by atoms with Gasteiger partial charge in [0, 0.05) is 6.61 Å². The van der Waals surface area contributed by atoms with Crippen LogP contribution in [-0.4, -0.2) is 26.1 Å². The Labute approximate surface area is 138 Å². The number of anilines is 4. The van der Waals surface area contributed by atoms with E-state index < -0.39 is 0 Å². The van der Waals surface area contributed by atoms with Crippen LogP contribution in [0.25, 0.3) is 11.2 Å². The summed E-state index contributed by atoms with van der Waals surface area (Å²) in [5.41, 5.74) is 14.6. The van der Waals surface area contributed by atoms with Gasteiger partial charge in [-0.2, -0.15) is 9.97 Å². The molecule has 1 aliphatic rings. The molecule has 1 aliphatic heterocycles. The lowest BCUT2D eigenvalue weighted by atomic mass is 10.2. The number of para-hydroxylation sites is 2. The van der Waals surface area contributed by atoms with Gasteiger partial charge in [-0.05, 0) is 31.4 Å². The van der Waals surface area contributed by atoms with Crippen molar-refractivity contribution in [3.8, 4) is 0 Å². The summed E-state index contributed by atoms with van der Waals surface area (Å²) in [6, 6.07) is 7.47. The first-order valence-corrected chi connectivity index (χ1v) is 7.95. The first-order chi connectivity index (χ1) is 11.7. The zero-order chi connectivity index (χ0) is 16.5. The molecule has 0 amide bonds. The molecule has 0 radical (unpaired) electrons. The summed E-state index contributed by atoms with van der Waals surface area (Å²) in [4.78, 5) is 13.1. The van der Waals surface area contributed by atoms with Crippen molar-refractivity contribution in [3.05, 3.63) is 30.6 Å². The zero-order valence-corrected chi connectivity index (χ0v) is 13.1. The van der Waals surface area contributed by atoms with E-state index >= 15 is 0 Å². The second-order valence-electron chi connectivity index (χ2n) is 5.79. The molecular weight excluding hydrogens is 306 g/mol. The van der Waals surface area contributed by atoms with E-state index in [1.165, 1.54) is 0 Å². The van der Waals surface area contributed by atoms with Gasteiger partial charge >= 0.3 is 0 Å². The molecule has 1 saturated heterocycles. The van der Waals surface area contributed by atoms with Crippen LogP contribution in [0.15, 0.2) is 30.6 Å². The molecule has 8 nitrogen and oxygen atoms in total. The third kappa shape index (κ3) is 2.61. The molecule has 1 aromatic carbocycles. The SMILES string of the molecule is Nc1nc(Nc2ccccc2N)c2ncn(C3CCCCO3)c2n1. The molecule has 0 spiro atoms. The second-order valence-corrected chi connectivity index (χ2v) is 5.79. The van der Waals surface area contributed by atoms with Crippen molar-refractivity contribution in [2.45, 2.75) is 25.5 Å². The summed E-state index contributed by atoms with van der Waals surface area (Å²) >= 11 is 0. The van der Waals surface area contributed by atoms with Gasteiger partial charge < -0.3 is 21.5 Å². The average molecular weight is 325 g/mol. The lowest BCUT2D eigenvalue weighted by Crippen LogP contribution is -2.18. The van der Waals surface area contributed by atoms with E-state index in [4.69, 9.17) is 16.2 Å². The Morgan fingerprint density at radius 3 is 2.83 bits per heavy atom. The molecule has 1 fully saturated rings. The fourth-order valence-electron chi connectivity index (χ4n) is 2.91. The lowest BCUT2D eigenvalue weighted by molar-refractivity contribution is -0.0298. The third-order valence-corrected chi connectivity index (χ3v) is 4.12. The third-order valence-electron chi connectivity index (χ3n) is 4.12. The van der Waals surface area contributed by atoms with Crippen molar-refractivity contribution in [1.82, 2.24) is 19.5 Å². The monoisotopic (exact) mass is 325 g/mol. The number of hydrogen-bond acceptors (Lipinski definition) is 7. The van der Waals surface area contributed by atoms with Crippen molar-refractivity contribution in [2.24, 2.45) is 0 Å². The van der Waals surface area contributed by atoms with Crippen molar-refractivity contribution in [3.63, 3.8) is 0 Å². The van der Waals surface area contributed by atoms with E-state index in [9.17, 15) is 0 Å². The number of nitrogens with two attached hydrogens (primary N) is 2. The van der Waals surface area contributed by atoms with E-state index in [2.05, 4.69) is 20.3 Å². The number of imidazole rings is 1. The Morgan fingerprint density at radius 2 is 2.04 bits per heavy atom. The summed E-state index contributed by atoms with van der Waals surface area (Å²) in [6.45, 7) is 0.747. The van der Waals surface area contributed by atoms with Crippen LogP contribution in [0.2, 0.25) is 0 Å². The summed E-state index contributed by atoms with van der Waals surface area (Å²) in [5, 5.41) is 3.20. The van der Waals surface area contributed by atoms with Crippen LogP contribution in [0.5, 0.6) is 0 Å². The van der Waals surface area contributed by atoms with Gasteiger partial charge in [-0.3, -0.25) is 4.57 Å². The number of nitrogens with zero attached hydrogens (tertiary/aromatic N) is 4. The van der Waals surface area contributed by atoms with Crippen LogP contribution in [-0.2, 0) is 4.74 Å². The smallest absolute Gasteiger partial charge is 0.224 e. The summed E-state index contributed by atoms with van der Waals surface area (Å²) < 4.78 is 7.75. The van der Waals surface area contributed by atoms with Gasteiger partial charge in [-0.25, -0.2) is 4.98 Å². The minimum atomic E-state index is -0.0623. The molecule has 1 atom stereocenters. The Hall–Kier alpha value is -2.87. The van der Waals surface area contributed by atoms with Crippen LogP contribution >= 0.6 is 0 Å². The van der Waals surface area contributed by atoms with Gasteiger partial charge in [-0.1, -0.05) is 12.1 Å². The van der Waals surface area contributed by atoms with Crippen molar-refractivity contribution in [1.29, 1.82) is 0 Å². The van der Waals surface area contributed by atoms with Gasteiger partial charge in [-0.15, -0.1) is 0 Å². The molecule has 1 unspecified atom stereocenters. The quantitative estimate of drug-likeness (QED) is 0.633. The minimum absolute atomic E-state index is 0.0623. The number of rotatable bonds is 3. The Morgan fingerprint density at radius 1 is 1.17 bits per heavy atom. The average Bonchev–Trinajstić information content (AvgIpc) is 3.01. The first-order valence-electron chi connectivity index (χ1n) is 7.95. The lowest BCUT2D eigenvalue weighted by Gasteiger charge is -2.23. The Bertz CT molecular complexity index is 870. The minimum Gasteiger partial charge on any atom is -0.397 e. The highest BCUT2D eigenvalue weighted by Gasteiger charge is 2.21. The molecule has 2 aromatic heterocycles. The van der Waals surface area contributed by atoms with Crippen LogP contribution < -0.4 is 16.8 Å². The van der Waals surface area contributed by atoms with Crippen molar-refractivity contribution < 1.29 is 4.74 Å². The van der Waals surface area contributed by atoms with Crippen LogP contribution in [0.3, 0.4) is 0 Å². The number of ether oxygens (including phenoxy) is 1. The first kappa shape index (κ1) is 14.7. The van der Waals surface area contributed by atoms with Crippen LogP contribution in [0.4, 0.5) is 23.1 Å².